The second-order valence-corrected chi connectivity index (χ2v) is 7.65. The number of rotatable bonds is 5. The molecule has 0 saturated carbocycles. The average molecular weight is 377 g/mol. The van der Waals surface area contributed by atoms with Crippen molar-refractivity contribution in [2.24, 2.45) is 0 Å². The van der Waals surface area contributed by atoms with Crippen molar-refractivity contribution in [1.29, 1.82) is 0 Å². The maximum Gasteiger partial charge on any atom is 0.244 e. The van der Waals surface area contributed by atoms with Gasteiger partial charge in [0.2, 0.25) is 10.0 Å². The largest absolute Gasteiger partial charge is 0.372 e. The standard InChI is InChI=1S/C11H13BrN4O2S2/c1-7-16-9(6-19-7)5-15-20(17,18)10-3-8(12)4-14-11(10)13-2/h3-4,6,15H,5H2,1-2H3,(H,13,14). The zero-order chi connectivity index (χ0) is 14.8. The van der Waals surface area contributed by atoms with Crippen LogP contribution in [-0.4, -0.2) is 25.4 Å². The van der Waals surface area contributed by atoms with Crippen LogP contribution in [0.1, 0.15) is 10.7 Å². The second-order valence-electron chi connectivity index (χ2n) is 3.93. The van der Waals surface area contributed by atoms with Gasteiger partial charge in [0, 0.05) is 23.1 Å². The minimum absolute atomic E-state index is 0.0985. The van der Waals surface area contributed by atoms with Gasteiger partial charge in [0.1, 0.15) is 10.7 Å². The lowest BCUT2D eigenvalue weighted by atomic mass is 10.4. The van der Waals surface area contributed by atoms with Gasteiger partial charge in [-0.3, -0.25) is 0 Å². The highest BCUT2D eigenvalue weighted by Crippen LogP contribution is 2.22. The van der Waals surface area contributed by atoms with Crippen LogP contribution in [0.3, 0.4) is 0 Å². The van der Waals surface area contributed by atoms with Crippen LogP contribution in [0.25, 0.3) is 0 Å². The van der Waals surface area contributed by atoms with Crippen molar-refractivity contribution in [3.05, 3.63) is 32.8 Å². The van der Waals surface area contributed by atoms with Crippen LogP contribution in [-0.2, 0) is 16.6 Å². The Balaban J connectivity index is 2.24. The topological polar surface area (TPSA) is 84.0 Å². The van der Waals surface area contributed by atoms with Gasteiger partial charge in [0.05, 0.1) is 17.2 Å². The van der Waals surface area contributed by atoms with Crippen LogP contribution < -0.4 is 10.0 Å². The summed E-state index contributed by atoms with van der Waals surface area (Å²) in [6.45, 7) is 2.03. The number of sulfonamides is 1. The molecule has 0 aliphatic rings. The van der Waals surface area contributed by atoms with Gasteiger partial charge in [-0.15, -0.1) is 11.3 Å². The number of pyridine rings is 1. The van der Waals surface area contributed by atoms with Crippen molar-refractivity contribution in [2.75, 3.05) is 12.4 Å². The predicted molar refractivity (Wildman–Crippen MR) is 82.4 cm³/mol. The van der Waals surface area contributed by atoms with E-state index in [4.69, 9.17) is 0 Å². The lowest BCUT2D eigenvalue weighted by Crippen LogP contribution is -2.24. The summed E-state index contributed by atoms with van der Waals surface area (Å²) in [5.41, 5.74) is 0.699. The van der Waals surface area contributed by atoms with Crippen LogP contribution >= 0.6 is 27.3 Å². The normalized spacial score (nSPS) is 11.6. The number of halogens is 1. The molecule has 0 radical (unpaired) electrons. The maximum absolute atomic E-state index is 12.3. The first kappa shape index (κ1) is 15.4. The van der Waals surface area contributed by atoms with E-state index in [2.05, 4.69) is 35.9 Å². The first-order valence-electron chi connectivity index (χ1n) is 5.66. The Morgan fingerprint density at radius 1 is 1.45 bits per heavy atom. The van der Waals surface area contributed by atoms with Crippen molar-refractivity contribution in [3.8, 4) is 0 Å². The van der Waals surface area contributed by atoms with Gasteiger partial charge in [-0.1, -0.05) is 0 Å². The number of anilines is 1. The second kappa shape index (κ2) is 6.17. The predicted octanol–water partition coefficient (Wildman–Crippen LogP) is 2.13. The van der Waals surface area contributed by atoms with E-state index in [0.29, 0.717) is 16.0 Å². The number of hydrogen-bond donors (Lipinski definition) is 2. The van der Waals surface area contributed by atoms with Crippen LogP contribution in [0.2, 0.25) is 0 Å². The quantitative estimate of drug-likeness (QED) is 0.834. The highest BCUT2D eigenvalue weighted by Gasteiger charge is 2.20. The Morgan fingerprint density at radius 2 is 2.20 bits per heavy atom. The highest BCUT2D eigenvalue weighted by atomic mass is 79.9. The fourth-order valence-corrected chi connectivity index (χ4v) is 3.83. The number of thiazole rings is 1. The minimum atomic E-state index is -3.65. The summed E-state index contributed by atoms with van der Waals surface area (Å²) in [7, 11) is -2.03. The molecule has 2 heterocycles. The molecule has 2 N–H and O–H groups in total. The first-order chi connectivity index (χ1) is 9.42. The van der Waals surface area contributed by atoms with Crippen LogP contribution in [0.4, 0.5) is 5.82 Å². The van der Waals surface area contributed by atoms with Gasteiger partial charge < -0.3 is 5.32 Å². The molecule has 20 heavy (non-hydrogen) atoms. The van der Waals surface area contributed by atoms with E-state index >= 15 is 0 Å². The third-order valence-corrected chi connectivity index (χ3v) is 5.13. The summed E-state index contributed by atoms with van der Waals surface area (Å²) in [6.07, 6.45) is 1.54. The number of nitrogens with zero attached hydrogens (tertiary/aromatic N) is 2. The number of nitrogens with one attached hydrogen (secondary N) is 2. The van der Waals surface area contributed by atoms with Crippen LogP contribution in [0, 0.1) is 6.92 Å². The summed E-state index contributed by atoms with van der Waals surface area (Å²) in [5.74, 6) is 0.301. The molecule has 0 amide bonds. The van der Waals surface area contributed by atoms with E-state index in [9.17, 15) is 8.42 Å². The van der Waals surface area contributed by atoms with E-state index in [1.165, 1.54) is 23.6 Å². The molecule has 2 aromatic rings. The first-order valence-corrected chi connectivity index (χ1v) is 8.82. The van der Waals surface area contributed by atoms with E-state index in [1.54, 1.807) is 7.05 Å². The molecule has 0 spiro atoms. The van der Waals surface area contributed by atoms with Crippen molar-refractivity contribution in [3.63, 3.8) is 0 Å². The lowest BCUT2D eigenvalue weighted by molar-refractivity contribution is 0.580. The molecule has 108 valence electrons. The average Bonchev–Trinajstić information content (AvgIpc) is 2.82. The molecule has 2 rings (SSSR count). The van der Waals surface area contributed by atoms with Crippen molar-refractivity contribution < 1.29 is 8.42 Å². The summed E-state index contributed by atoms with van der Waals surface area (Å²) in [5, 5.41) is 5.50. The third-order valence-electron chi connectivity index (χ3n) is 2.46. The highest BCUT2D eigenvalue weighted by molar-refractivity contribution is 9.10. The SMILES string of the molecule is CNc1ncc(Br)cc1S(=O)(=O)NCc1csc(C)n1. The number of aromatic nitrogens is 2. The van der Waals surface area contributed by atoms with Gasteiger partial charge in [0.25, 0.3) is 0 Å². The number of aryl methyl sites for hydroxylation is 1. The van der Waals surface area contributed by atoms with Gasteiger partial charge in [-0.05, 0) is 28.9 Å². The summed E-state index contributed by atoms with van der Waals surface area (Å²) in [4.78, 5) is 8.35. The van der Waals surface area contributed by atoms with Crippen molar-refractivity contribution >= 4 is 43.1 Å². The van der Waals surface area contributed by atoms with Crippen LogP contribution in [0.15, 0.2) is 27.0 Å². The lowest BCUT2D eigenvalue weighted by Gasteiger charge is -2.10. The molecular formula is C11H13BrN4O2S2. The van der Waals surface area contributed by atoms with E-state index in [-0.39, 0.29) is 11.4 Å². The zero-order valence-electron chi connectivity index (χ0n) is 10.8. The molecule has 0 atom stereocenters. The minimum Gasteiger partial charge on any atom is -0.372 e. The smallest absolute Gasteiger partial charge is 0.244 e. The Bertz CT molecular complexity index is 715. The summed E-state index contributed by atoms with van der Waals surface area (Å²) >= 11 is 4.71. The Morgan fingerprint density at radius 3 is 2.80 bits per heavy atom. The molecule has 0 aliphatic carbocycles. The molecule has 2 aromatic heterocycles. The maximum atomic E-state index is 12.3. The molecule has 0 aliphatic heterocycles. The van der Waals surface area contributed by atoms with Crippen molar-refractivity contribution in [1.82, 2.24) is 14.7 Å². The summed E-state index contributed by atoms with van der Waals surface area (Å²) in [6, 6.07) is 1.51. The van der Waals surface area contributed by atoms with Crippen LogP contribution in [0.5, 0.6) is 0 Å². The molecule has 0 saturated heterocycles. The Kier molecular flexibility index (Phi) is 4.74. The van der Waals surface area contributed by atoms with Crippen molar-refractivity contribution in [2.45, 2.75) is 18.4 Å². The zero-order valence-corrected chi connectivity index (χ0v) is 14.1. The van der Waals surface area contributed by atoms with E-state index in [0.717, 1.165) is 5.01 Å². The molecule has 6 nitrogen and oxygen atoms in total. The van der Waals surface area contributed by atoms with Gasteiger partial charge in [-0.2, -0.15) is 0 Å². The van der Waals surface area contributed by atoms with Gasteiger partial charge >= 0.3 is 0 Å². The summed E-state index contributed by atoms with van der Waals surface area (Å²) < 4.78 is 27.7. The number of hydrogen-bond acceptors (Lipinski definition) is 6. The Hall–Kier alpha value is -1.03. The molecule has 0 bridgehead atoms. The molecule has 0 fully saturated rings. The molecular weight excluding hydrogens is 364 g/mol. The van der Waals surface area contributed by atoms with Gasteiger partial charge in [0.15, 0.2) is 0 Å². The fourth-order valence-electron chi connectivity index (χ4n) is 1.55. The van der Waals surface area contributed by atoms with Gasteiger partial charge in [-0.25, -0.2) is 23.1 Å². The fraction of sp³-hybridized carbons (Fsp3) is 0.273. The Labute approximate surface area is 129 Å². The molecule has 0 unspecified atom stereocenters. The van der Waals surface area contributed by atoms with E-state index < -0.39 is 10.0 Å². The van der Waals surface area contributed by atoms with E-state index in [1.807, 2.05) is 12.3 Å². The monoisotopic (exact) mass is 376 g/mol. The third kappa shape index (κ3) is 3.54. The molecule has 0 aromatic carbocycles. The molecule has 9 heteroatoms.